The van der Waals surface area contributed by atoms with Crippen LogP contribution in [0.15, 0.2) is 29.1 Å². The van der Waals surface area contributed by atoms with Crippen molar-refractivity contribution in [2.75, 3.05) is 26.8 Å². The highest BCUT2D eigenvalue weighted by Crippen LogP contribution is 2.19. The van der Waals surface area contributed by atoms with Gasteiger partial charge >= 0.3 is 11.9 Å². The highest BCUT2D eigenvalue weighted by Gasteiger charge is 2.28. The molecule has 2 aromatic rings. The maximum atomic E-state index is 12.8. The Bertz CT molecular complexity index is 1040. The molecule has 1 aromatic heterocycles. The molecule has 1 aliphatic rings. The van der Waals surface area contributed by atoms with E-state index in [1.165, 1.54) is 11.8 Å². The predicted octanol–water partition coefficient (Wildman–Crippen LogP) is 2.16. The largest absolute Gasteiger partial charge is 0.469 e. The number of rotatable bonds is 8. The molecule has 1 aromatic carbocycles. The van der Waals surface area contributed by atoms with Gasteiger partial charge in [-0.1, -0.05) is 38.0 Å². The topological polar surface area (TPSA) is 108 Å². The molecular weight excluding hydrogens is 414 g/mol. The Balaban J connectivity index is 1.69. The van der Waals surface area contributed by atoms with E-state index < -0.39 is 12.6 Å². The lowest BCUT2D eigenvalue weighted by Crippen LogP contribution is -2.42. The number of unbranched alkanes of at least 4 members (excludes halogenated alkanes) is 2. The van der Waals surface area contributed by atoms with E-state index in [0.717, 1.165) is 19.3 Å². The SMILES string of the molecule is CCCCCn1nc(C(=O)OCC(=O)N2CCC(C(=O)OC)CC2)c2ccccc2c1=O. The van der Waals surface area contributed by atoms with Gasteiger partial charge in [-0.25, -0.2) is 9.48 Å². The number of esters is 2. The lowest BCUT2D eigenvalue weighted by molar-refractivity contribution is -0.149. The molecule has 9 nitrogen and oxygen atoms in total. The first kappa shape index (κ1) is 23.4. The molecule has 0 unspecified atom stereocenters. The van der Waals surface area contributed by atoms with Crippen LogP contribution in [0.25, 0.3) is 10.8 Å². The average Bonchev–Trinajstić information content (AvgIpc) is 2.83. The van der Waals surface area contributed by atoms with Crippen molar-refractivity contribution < 1.29 is 23.9 Å². The monoisotopic (exact) mass is 443 g/mol. The Morgan fingerprint density at radius 1 is 1.09 bits per heavy atom. The first-order chi connectivity index (χ1) is 15.5. The van der Waals surface area contributed by atoms with Crippen molar-refractivity contribution in [3.63, 3.8) is 0 Å². The van der Waals surface area contributed by atoms with Crippen LogP contribution in [-0.4, -0.2) is 59.3 Å². The van der Waals surface area contributed by atoms with Crippen LogP contribution in [0, 0.1) is 5.92 Å². The number of methoxy groups -OCH3 is 1. The van der Waals surface area contributed by atoms with Crippen molar-refractivity contribution in [1.82, 2.24) is 14.7 Å². The maximum Gasteiger partial charge on any atom is 0.359 e. The van der Waals surface area contributed by atoms with Crippen molar-refractivity contribution in [1.29, 1.82) is 0 Å². The second kappa shape index (κ2) is 10.9. The molecule has 9 heteroatoms. The van der Waals surface area contributed by atoms with Gasteiger partial charge in [0.1, 0.15) is 0 Å². The molecule has 0 bridgehead atoms. The molecule has 32 heavy (non-hydrogen) atoms. The van der Waals surface area contributed by atoms with Crippen molar-refractivity contribution in [2.45, 2.75) is 45.6 Å². The number of aryl methyl sites for hydroxylation is 1. The number of likely N-dealkylation sites (tertiary alicyclic amines) is 1. The van der Waals surface area contributed by atoms with Crippen LogP contribution in [0.2, 0.25) is 0 Å². The fourth-order valence-corrected chi connectivity index (χ4v) is 3.87. The molecule has 2 heterocycles. The van der Waals surface area contributed by atoms with Crippen molar-refractivity contribution in [3.05, 3.63) is 40.3 Å². The Hall–Kier alpha value is -3.23. The van der Waals surface area contributed by atoms with E-state index >= 15 is 0 Å². The number of amides is 1. The van der Waals surface area contributed by atoms with E-state index in [-0.39, 0.29) is 29.0 Å². The Morgan fingerprint density at radius 2 is 1.78 bits per heavy atom. The fourth-order valence-electron chi connectivity index (χ4n) is 3.87. The highest BCUT2D eigenvalue weighted by atomic mass is 16.5. The van der Waals surface area contributed by atoms with Gasteiger partial charge in [0, 0.05) is 25.0 Å². The molecule has 1 fully saturated rings. The Morgan fingerprint density at radius 3 is 2.44 bits per heavy atom. The minimum atomic E-state index is -0.747. The molecule has 0 aliphatic carbocycles. The maximum absolute atomic E-state index is 12.8. The zero-order chi connectivity index (χ0) is 23.1. The zero-order valence-electron chi connectivity index (χ0n) is 18.5. The number of hydrogen-bond acceptors (Lipinski definition) is 7. The number of carbonyl (C=O) groups excluding carboxylic acids is 3. The fraction of sp³-hybridized carbons (Fsp3) is 0.522. The van der Waals surface area contributed by atoms with Gasteiger partial charge in [-0.05, 0) is 25.3 Å². The van der Waals surface area contributed by atoms with Crippen LogP contribution in [0.4, 0.5) is 0 Å². The van der Waals surface area contributed by atoms with Crippen molar-refractivity contribution >= 4 is 28.6 Å². The molecule has 0 radical (unpaired) electrons. The van der Waals surface area contributed by atoms with Gasteiger partial charge in [0.2, 0.25) is 0 Å². The molecule has 3 rings (SSSR count). The van der Waals surface area contributed by atoms with Crippen LogP contribution in [-0.2, 0) is 25.6 Å². The third-order valence-corrected chi connectivity index (χ3v) is 5.74. The molecule has 0 N–H and O–H groups in total. The van der Waals surface area contributed by atoms with E-state index in [1.54, 1.807) is 29.2 Å². The van der Waals surface area contributed by atoms with Gasteiger partial charge in [0.25, 0.3) is 11.5 Å². The predicted molar refractivity (Wildman–Crippen MR) is 117 cm³/mol. The summed E-state index contributed by atoms with van der Waals surface area (Å²) in [5.74, 6) is -1.56. The molecule has 1 aliphatic heterocycles. The van der Waals surface area contributed by atoms with Crippen LogP contribution in [0.3, 0.4) is 0 Å². The summed E-state index contributed by atoms with van der Waals surface area (Å²) in [6.45, 7) is 2.85. The van der Waals surface area contributed by atoms with Crippen molar-refractivity contribution in [3.8, 4) is 0 Å². The summed E-state index contributed by atoms with van der Waals surface area (Å²) in [7, 11) is 1.35. The van der Waals surface area contributed by atoms with Gasteiger partial charge < -0.3 is 14.4 Å². The zero-order valence-corrected chi connectivity index (χ0v) is 18.5. The number of nitrogens with zero attached hydrogens (tertiary/aromatic N) is 3. The quantitative estimate of drug-likeness (QED) is 0.454. The highest BCUT2D eigenvalue weighted by molar-refractivity contribution is 6.02. The van der Waals surface area contributed by atoms with Gasteiger partial charge in [-0.2, -0.15) is 5.10 Å². The molecule has 0 atom stereocenters. The van der Waals surface area contributed by atoms with Gasteiger partial charge in [0.05, 0.1) is 18.4 Å². The minimum Gasteiger partial charge on any atom is -0.469 e. The molecule has 172 valence electrons. The lowest BCUT2D eigenvalue weighted by atomic mass is 9.97. The summed E-state index contributed by atoms with van der Waals surface area (Å²) in [6.07, 6.45) is 3.75. The van der Waals surface area contributed by atoms with E-state index in [0.29, 0.717) is 43.2 Å². The Kier molecular flexibility index (Phi) is 7.97. The van der Waals surface area contributed by atoms with Crippen LogP contribution in [0.1, 0.15) is 49.5 Å². The van der Waals surface area contributed by atoms with E-state index in [4.69, 9.17) is 9.47 Å². The molecule has 1 amide bonds. The van der Waals surface area contributed by atoms with Crippen LogP contribution >= 0.6 is 0 Å². The number of piperidine rings is 1. The first-order valence-corrected chi connectivity index (χ1v) is 11.0. The lowest BCUT2D eigenvalue weighted by Gasteiger charge is -2.30. The minimum absolute atomic E-state index is 0.0221. The number of hydrogen-bond donors (Lipinski definition) is 0. The first-order valence-electron chi connectivity index (χ1n) is 11.0. The number of carbonyl (C=O) groups is 3. The third-order valence-electron chi connectivity index (χ3n) is 5.74. The van der Waals surface area contributed by atoms with Gasteiger partial charge in [-0.15, -0.1) is 0 Å². The number of benzene rings is 1. The molecule has 1 saturated heterocycles. The number of ether oxygens (including phenoxy) is 2. The summed E-state index contributed by atoms with van der Waals surface area (Å²) in [5.41, 5.74) is -0.230. The van der Waals surface area contributed by atoms with Gasteiger partial charge in [-0.3, -0.25) is 14.4 Å². The number of aromatic nitrogens is 2. The van der Waals surface area contributed by atoms with Gasteiger partial charge in [0.15, 0.2) is 12.3 Å². The summed E-state index contributed by atoms with van der Waals surface area (Å²) in [5, 5.41) is 5.05. The third kappa shape index (κ3) is 5.33. The number of fused-ring (bicyclic) bond motifs is 1. The molecule has 0 spiro atoms. The van der Waals surface area contributed by atoms with E-state index in [1.807, 2.05) is 0 Å². The summed E-state index contributed by atoms with van der Waals surface area (Å²) in [6, 6.07) is 6.76. The van der Waals surface area contributed by atoms with E-state index in [2.05, 4.69) is 12.0 Å². The second-order valence-corrected chi connectivity index (χ2v) is 7.88. The standard InChI is InChI=1S/C23H29N3O6/c1-3-4-7-12-26-21(28)18-9-6-5-8-17(18)20(24-26)23(30)32-15-19(27)25-13-10-16(11-14-25)22(29)31-2/h5-6,8-9,16H,3-4,7,10-15H2,1-2H3. The summed E-state index contributed by atoms with van der Waals surface area (Å²) in [4.78, 5) is 51.2. The molecular formula is C23H29N3O6. The average molecular weight is 444 g/mol. The normalized spacial score (nSPS) is 14.4. The summed E-state index contributed by atoms with van der Waals surface area (Å²) < 4.78 is 11.3. The molecule has 0 saturated carbocycles. The summed E-state index contributed by atoms with van der Waals surface area (Å²) >= 11 is 0. The van der Waals surface area contributed by atoms with Crippen molar-refractivity contribution in [2.24, 2.45) is 5.92 Å². The smallest absolute Gasteiger partial charge is 0.359 e. The second-order valence-electron chi connectivity index (χ2n) is 7.88. The van der Waals surface area contributed by atoms with Crippen LogP contribution < -0.4 is 5.56 Å². The van der Waals surface area contributed by atoms with E-state index in [9.17, 15) is 19.2 Å². The van der Waals surface area contributed by atoms with Crippen LogP contribution in [0.5, 0.6) is 0 Å². The Labute approximate surface area is 186 Å².